The molecule has 0 aliphatic carbocycles. The second-order valence-corrected chi connectivity index (χ2v) is 4.85. The zero-order valence-corrected chi connectivity index (χ0v) is 11.0. The predicted molar refractivity (Wildman–Crippen MR) is 74.3 cm³/mol. The first-order valence-corrected chi connectivity index (χ1v) is 6.37. The SMILES string of the molecule is C#Cc1cc2c(=O)[nH]c(N)nc2n1C1C[C@H](O)[C@@H](CO)O1. The number of hydrogen-bond acceptors (Lipinski definition) is 6. The molecular formula is C13H14N4O4. The summed E-state index contributed by atoms with van der Waals surface area (Å²) in [6.45, 7) is -0.307. The van der Waals surface area contributed by atoms with Gasteiger partial charge < -0.3 is 20.7 Å². The van der Waals surface area contributed by atoms with Crippen LogP contribution in [0.25, 0.3) is 11.0 Å². The molecule has 5 N–H and O–H groups in total. The molecule has 8 heteroatoms. The molecule has 2 aromatic rings. The number of nitrogen functional groups attached to an aromatic ring is 1. The minimum Gasteiger partial charge on any atom is -0.394 e. The highest BCUT2D eigenvalue weighted by atomic mass is 16.5. The molecule has 3 rings (SSSR count). The molecule has 3 atom stereocenters. The zero-order chi connectivity index (χ0) is 15.1. The zero-order valence-electron chi connectivity index (χ0n) is 11.0. The van der Waals surface area contributed by atoms with Gasteiger partial charge in [0, 0.05) is 6.42 Å². The van der Waals surface area contributed by atoms with Crippen LogP contribution in [-0.2, 0) is 4.74 Å². The van der Waals surface area contributed by atoms with Crippen molar-refractivity contribution >= 4 is 17.0 Å². The number of aliphatic hydroxyl groups excluding tert-OH is 2. The fraction of sp³-hybridized carbons (Fsp3) is 0.385. The fourth-order valence-electron chi connectivity index (χ4n) is 2.56. The van der Waals surface area contributed by atoms with Gasteiger partial charge in [-0.25, -0.2) is 0 Å². The summed E-state index contributed by atoms with van der Waals surface area (Å²) in [6, 6.07) is 1.52. The van der Waals surface area contributed by atoms with Gasteiger partial charge in [-0.3, -0.25) is 14.3 Å². The topological polar surface area (TPSA) is 126 Å². The highest BCUT2D eigenvalue weighted by molar-refractivity contribution is 5.78. The highest BCUT2D eigenvalue weighted by Crippen LogP contribution is 2.32. The molecule has 110 valence electrons. The lowest BCUT2D eigenvalue weighted by Crippen LogP contribution is -2.24. The summed E-state index contributed by atoms with van der Waals surface area (Å²) in [6.07, 6.45) is 3.57. The minimum absolute atomic E-state index is 0.0346. The monoisotopic (exact) mass is 290 g/mol. The highest BCUT2D eigenvalue weighted by Gasteiger charge is 2.36. The smallest absolute Gasteiger partial charge is 0.261 e. The fourth-order valence-corrected chi connectivity index (χ4v) is 2.56. The molecule has 0 bridgehead atoms. The summed E-state index contributed by atoms with van der Waals surface area (Å²) in [5.74, 6) is 2.43. The van der Waals surface area contributed by atoms with Crippen LogP contribution in [0.4, 0.5) is 5.95 Å². The lowest BCUT2D eigenvalue weighted by molar-refractivity contribution is -0.0432. The number of terminal acetylenes is 1. The summed E-state index contributed by atoms with van der Waals surface area (Å²) in [5.41, 5.74) is 5.85. The van der Waals surface area contributed by atoms with Crippen LogP contribution in [0.5, 0.6) is 0 Å². The number of aromatic nitrogens is 3. The van der Waals surface area contributed by atoms with E-state index < -0.39 is 24.0 Å². The molecule has 0 radical (unpaired) electrons. The van der Waals surface area contributed by atoms with E-state index in [9.17, 15) is 9.90 Å². The number of aliphatic hydroxyl groups is 2. The van der Waals surface area contributed by atoms with Crippen LogP contribution >= 0.6 is 0 Å². The van der Waals surface area contributed by atoms with Crippen molar-refractivity contribution in [2.45, 2.75) is 24.9 Å². The molecule has 8 nitrogen and oxygen atoms in total. The quantitative estimate of drug-likeness (QED) is 0.522. The molecule has 3 heterocycles. The maximum atomic E-state index is 11.9. The van der Waals surface area contributed by atoms with Crippen molar-refractivity contribution in [1.82, 2.24) is 14.5 Å². The van der Waals surface area contributed by atoms with Crippen LogP contribution in [-0.4, -0.2) is 43.6 Å². The van der Waals surface area contributed by atoms with E-state index in [1.54, 1.807) is 4.57 Å². The first-order chi connectivity index (χ1) is 10.0. The second kappa shape index (κ2) is 4.89. The number of nitrogens with zero attached hydrogens (tertiary/aromatic N) is 2. The van der Waals surface area contributed by atoms with Gasteiger partial charge in [-0.2, -0.15) is 4.98 Å². The third-order valence-electron chi connectivity index (χ3n) is 3.54. The normalized spacial score (nSPS) is 25.3. The molecular weight excluding hydrogens is 276 g/mol. The van der Waals surface area contributed by atoms with Crippen molar-refractivity contribution in [1.29, 1.82) is 0 Å². The Kier molecular flexibility index (Phi) is 3.17. The summed E-state index contributed by atoms with van der Waals surface area (Å²) >= 11 is 0. The maximum absolute atomic E-state index is 11.9. The van der Waals surface area contributed by atoms with Crippen molar-refractivity contribution in [3.63, 3.8) is 0 Å². The van der Waals surface area contributed by atoms with Gasteiger partial charge in [0.2, 0.25) is 5.95 Å². The van der Waals surface area contributed by atoms with Gasteiger partial charge in [0.25, 0.3) is 5.56 Å². The Balaban J connectivity index is 2.18. The molecule has 0 saturated carbocycles. The van der Waals surface area contributed by atoms with E-state index in [1.165, 1.54) is 6.07 Å². The first kappa shape index (κ1) is 13.6. The number of rotatable bonds is 2. The lowest BCUT2D eigenvalue weighted by atomic mass is 10.2. The van der Waals surface area contributed by atoms with Gasteiger partial charge in [0.05, 0.1) is 23.8 Å². The van der Waals surface area contributed by atoms with Crippen LogP contribution in [0.2, 0.25) is 0 Å². The van der Waals surface area contributed by atoms with Crippen molar-refractivity contribution in [3.05, 3.63) is 22.1 Å². The molecule has 0 spiro atoms. The largest absolute Gasteiger partial charge is 0.394 e. The van der Waals surface area contributed by atoms with E-state index in [4.69, 9.17) is 22.0 Å². The Morgan fingerprint density at radius 3 is 3.05 bits per heavy atom. The third kappa shape index (κ3) is 2.08. The molecule has 1 fully saturated rings. The first-order valence-electron chi connectivity index (χ1n) is 6.37. The van der Waals surface area contributed by atoms with Crippen molar-refractivity contribution < 1.29 is 14.9 Å². The maximum Gasteiger partial charge on any atom is 0.261 e. The molecule has 1 aliphatic rings. The molecule has 1 unspecified atom stereocenters. The number of nitrogens with one attached hydrogen (secondary N) is 1. The minimum atomic E-state index is -0.817. The van der Waals surface area contributed by atoms with Gasteiger partial charge in [-0.15, -0.1) is 6.42 Å². The third-order valence-corrected chi connectivity index (χ3v) is 3.54. The van der Waals surface area contributed by atoms with Crippen molar-refractivity contribution in [2.75, 3.05) is 12.3 Å². The second-order valence-electron chi connectivity index (χ2n) is 4.85. The van der Waals surface area contributed by atoms with Crippen LogP contribution in [0.1, 0.15) is 18.3 Å². The molecule has 1 saturated heterocycles. The summed E-state index contributed by atoms with van der Waals surface area (Å²) in [7, 11) is 0. The Morgan fingerprint density at radius 1 is 1.67 bits per heavy atom. The average molecular weight is 290 g/mol. The van der Waals surface area contributed by atoms with E-state index in [0.29, 0.717) is 16.7 Å². The lowest BCUT2D eigenvalue weighted by Gasteiger charge is -2.15. The molecule has 21 heavy (non-hydrogen) atoms. The number of anilines is 1. The van der Waals surface area contributed by atoms with Gasteiger partial charge in [0.15, 0.2) is 5.65 Å². The Morgan fingerprint density at radius 2 is 2.43 bits per heavy atom. The molecule has 1 aliphatic heterocycles. The number of ether oxygens (including phenoxy) is 1. The summed E-state index contributed by atoms with van der Waals surface area (Å²) in [5, 5.41) is 19.3. The van der Waals surface area contributed by atoms with Crippen LogP contribution in [0, 0.1) is 12.3 Å². The standard InChI is InChI=1S/C13H14N4O4/c1-2-6-3-7-11(15-13(14)16-12(7)20)17(6)10-4-8(19)9(5-18)21-10/h1,3,8-10,18-19H,4-5H2,(H3,14,15,16,20)/t8-,9+,10?/m0/s1. The van der Waals surface area contributed by atoms with E-state index in [2.05, 4.69) is 15.9 Å². The Hall–Kier alpha value is -2.34. The van der Waals surface area contributed by atoms with Crippen molar-refractivity contribution in [2.24, 2.45) is 0 Å². The molecule has 0 amide bonds. The summed E-state index contributed by atoms with van der Waals surface area (Å²) in [4.78, 5) is 18.4. The van der Waals surface area contributed by atoms with E-state index in [1.807, 2.05) is 0 Å². The van der Waals surface area contributed by atoms with E-state index in [0.717, 1.165) is 0 Å². The molecule has 2 aromatic heterocycles. The van der Waals surface area contributed by atoms with Gasteiger partial charge >= 0.3 is 0 Å². The Bertz CT molecular complexity index is 788. The number of aromatic amines is 1. The van der Waals surface area contributed by atoms with E-state index >= 15 is 0 Å². The van der Waals surface area contributed by atoms with Crippen LogP contribution in [0.15, 0.2) is 10.9 Å². The number of fused-ring (bicyclic) bond motifs is 1. The number of H-pyrrole nitrogens is 1. The average Bonchev–Trinajstić information content (AvgIpc) is 2.98. The van der Waals surface area contributed by atoms with Gasteiger partial charge in [-0.1, -0.05) is 5.92 Å². The van der Waals surface area contributed by atoms with Crippen molar-refractivity contribution in [3.8, 4) is 12.3 Å². The number of nitrogens with two attached hydrogens (primary N) is 1. The van der Waals surface area contributed by atoms with E-state index in [-0.39, 0.29) is 19.0 Å². The molecule has 0 aromatic carbocycles. The van der Waals surface area contributed by atoms with Crippen LogP contribution in [0.3, 0.4) is 0 Å². The summed E-state index contributed by atoms with van der Waals surface area (Å²) < 4.78 is 7.11. The number of hydrogen-bond donors (Lipinski definition) is 4. The van der Waals surface area contributed by atoms with Gasteiger partial charge in [0.1, 0.15) is 12.3 Å². The van der Waals surface area contributed by atoms with Crippen LogP contribution < -0.4 is 11.3 Å². The van der Waals surface area contributed by atoms with Gasteiger partial charge in [-0.05, 0) is 6.07 Å². The Labute approximate surface area is 119 Å². The predicted octanol–water partition coefficient (Wildman–Crippen LogP) is -1.07.